The highest BCUT2D eigenvalue weighted by atomic mass is 16.6. The van der Waals surface area contributed by atoms with Crippen LogP contribution in [0.3, 0.4) is 0 Å². The molecule has 0 saturated carbocycles. The average Bonchev–Trinajstić information content (AvgIpc) is 2.86. The molecule has 6 nitrogen and oxygen atoms in total. The van der Waals surface area contributed by atoms with Crippen molar-refractivity contribution in [3.8, 4) is 0 Å². The van der Waals surface area contributed by atoms with Crippen molar-refractivity contribution in [2.24, 2.45) is 11.7 Å². The highest BCUT2D eigenvalue weighted by Crippen LogP contribution is 2.24. The van der Waals surface area contributed by atoms with Crippen molar-refractivity contribution in [3.05, 3.63) is 11.7 Å². The van der Waals surface area contributed by atoms with Crippen LogP contribution >= 0.6 is 0 Å². The van der Waals surface area contributed by atoms with E-state index < -0.39 is 0 Å². The molecule has 1 aromatic rings. The minimum atomic E-state index is -0.214. The van der Waals surface area contributed by atoms with Gasteiger partial charge >= 0.3 is 0 Å². The van der Waals surface area contributed by atoms with E-state index in [2.05, 4.69) is 24.0 Å². The fourth-order valence-corrected chi connectivity index (χ4v) is 2.05. The van der Waals surface area contributed by atoms with Gasteiger partial charge in [-0.25, -0.2) is 0 Å². The van der Waals surface area contributed by atoms with Crippen molar-refractivity contribution in [3.63, 3.8) is 0 Å². The van der Waals surface area contributed by atoms with Crippen molar-refractivity contribution in [1.29, 1.82) is 0 Å². The molecule has 2 rings (SSSR count). The Balaban J connectivity index is 2.03. The molecule has 1 aliphatic rings. The van der Waals surface area contributed by atoms with Crippen LogP contribution in [0.4, 0.5) is 0 Å². The Bertz CT molecular complexity index is 361. The molecule has 2 unspecified atom stereocenters. The van der Waals surface area contributed by atoms with Crippen LogP contribution in [0.2, 0.25) is 0 Å². The topological polar surface area (TPSA) is 83.4 Å². The predicted octanol–water partition coefficient (Wildman–Crippen LogP) is 1.25. The molecule has 0 bridgehead atoms. The Morgan fingerprint density at radius 2 is 2.22 bits per heavy atom. The molecule has 6 heteroatoms. The summed E-state index contributed by atoms with van der Waals surface area (Å²) in [5, 5.41) is 3.97. The van der Waals surface area contributed by atoms with Gasteiger partial charge in [0.25, 0.3) is 0 Å². The summed E-state index contributed by atoms with van der Waals surface area (Å²) >= 11 is 0. The Hall–Kier alpha value is -0.980. The molecule has 0 radical (unpaired) electrons. The summed E-state index contributed by atoms with van der Waals surface area (Å²) in [4.78, 5) is 4.40. The summed E-state index contributed by atoms with van der Waals surface area (Å²) in [6.45, 7) is 6.50. The highest BCUT2D eigenvalue weighted by Gasteiger charge is 2.25. The van der Waals surface area contributed by atoms with Crippen molar-refractivity contribution in [1.82, 2.24) is 10.1 Å². The summed E-state index contributed by atoms with van der Waals surface area (Å²) in [6.07, 6.45) is 0.730. The summed E-state index contributed by atoms with van der Waals surface area (Å²) in [7, 11) is 0. The lowest BCUT2D eigenvalue weighted by molar-refractivity contribution is -0.0941. The van der Waals surface area contributed by atoms with Crippen LogP contribution in [0.15, 0.2) is 4.52 Å². The van der Waals surface area contributed by atoms with Crippen LogP contribution in [0, 0.1) is 5.92 Å². The Morgan fingerprint density at radius 3 is 2.83 bits per heavy atom. The number of hydrogen-bond acceptors (Lipinski definition) is 6. The first-order valence-electron chi connectivity index (χ1n) is 6.43. The summed E-state index contributed by atoms with van der Waals surface area (Å²) in [6, 6.07) is 0. The maximum absolute atomic E-state index is 5.76. The van der Waals surface area contributed by atoms with Crippen molar-refractivity contribution in [2.45, 2.75) is 32.3 Å². The number of nitrogens with zero attached hydrogens (tertiary/aromatic N) is 2. The molecule has 0 amide bonds. The summed E-state index contributed by atoms with van der Waals surface area (Å²) < 4.78 is 16.2. The quantitative estimate of drug-likeness (QED) is 0.852. The number of hydrogen-bond donors (Lipinski definition) is 1. The number of nitrogens with two attached hydrogens (primary N) is 1. The van der Waals surface area contributed by atoms with Crippen LogP contribution in [-0.2, 0) is 9.47 Å². The first kappa shape index (κ1) is 13.5. The number of rotatable bonds is 5. The second kappa shape index (κ2) is 6.26. The second-order valence-electron chi connectivity index (χ2n) is 4.99. The van der Waals surface area contributed by atoms with E-state index in [1.807, 2.05) is 0 Å². The van der Waals surface area contributed by atoms with Gasteiger partial charge in [0, 0.05) is 6.54 Å². The van der Waals surface area contributed by atoms with Gasteiger partial charge in [0.15, 0.2) is 0 Å². The van der Waals surface area contributed by atoms with E-state index in [9.17, 15) is 0 Å². The normalized spacial score (nSPS) is 22.3. The third kappa shape index (κ3) is 3.28. The molecule has 2 N–H and O–H groups in total. The van der Waals surface area contributed by atoms with Crippen molar-refractivity contribution >= 4 is 0 Å². The molecule has 1 saturated heterocycles. The molecule has 2 heterocycles. The third-order valence-electron chi connectivity index (χ3n) is 2.95. The van der Waals surface area contributed by atoms with E-state index in [0.29, 0.717) is 44.0 Å². The summed E-state index contributed by atoms with van der Waals surface area (Å²) in [5.41, 5.74) is 5.76. The lowest BCUT2D eigenvalue weighted by atomic mass is 9.97. The maximum Gasteiger partial charge on any atom is 0.231 e. The molecular formula is C12H21N3O3. The van der Waals surface area contributed by atoms with Gasteiger partial charge < -0.3 is 19.7 Å². The lowest BCUT2D eigenvalue weighted by Gasteiger charge is -2.19. The minimum Gasteiger partial charge on any atom is -0.376 e. The monoisotopic (exact) mass is 255 g/mol. The molecule has 1 aliphatic heterocycles. The van der Waals surface area contributed by atoms with Gasteiger partial charge in [0.2, 0.25) is 11.7 Å². The standard InChI is InChI=1S/C12H21N3O3/c1-8(2)5-9(6-13)12-14-11(15-18-12)10-7-16-3-4-17-10/h8-10H,3-7,13H2,1-2H3. The van der Waals surface area contributed by atoms with Gasteiger partial charge in [0.05, 0.1) is 25.7 Å². The van der Waals surface area contributed by atoms with Gasteiger partial charge in [0.1, 0.15) is 6.10 Å². The van der Waals surface area contributed by atoms with E-state index in [-0.39, 0.29) is 12.0 Å². The molecule has 102 valence electrons. The molecule has 18 heavy (non-hydrogen) atoms. The molecular weight excluding hydrogens is 234 g/mol. The largest absolute Gasteiger partial charge is 0.376 e. The van der Waals surface area contributed by atoms with Crippen LogP contribution in [0.25, 0.3) is 0 Å². The summed E-state index contributed by atoms with van der Waals surface area (Å²) in [5.74, 6) is 1.83. The van der Waals surface area contributed by atoms with Gasteiger partial charge in [-0.15, -0.1) is 0 Å². The van der Waals surface area contributed by atoms with Crippen LogP contribution < -0.4 is 5.73 Å². The molecule has 0 aromatic carbocycles. The van der Waals surface area contributed by atoms with Crippen molar-refractivity contribution < 1.29 is 14.0 Å². The predicted molar refractivity (Wildman–Crippen MR) is 65.1 cm³/mol. The zero-order valence-electron chi connectivity index (χ0n) is 11.0. The van der Waals surface area contributed by atoms with Crippen LogP contribution in [0.5, 0.6) is 0 Å². The van der Waals surface area contributed by atoms with Crippen molar-refractivity contribution in [2.75, 3.05) is 26.4 Å². The lowest BCUT2D eigenvalue weighted by Crippen LogP contribution is -2.23. The second-order valence-corrected chi connectivity index (χ2v) is 4.99. The Morgan fingerprint density at radius 1 is 1.39 bits per heavy atom. The zero-order chi connectivity index (χ0) is 13.0. The Kier molecular flexibility index (Phi) is 4.68. The number of ether oxygens (including phenoxy) is 2. The van der Waals surface area contributed by atoms with E-state index in [4.69, 9.17) is 19.7 Å². The van der Waals surface area contributed by atoms with Gasteiger partial charge in [-0.3, -0.25) is 0 Å². The first-order chi connectivity index (χ1) is 8.70. The molecule has 0 spiro atoms. The fraction of sp³-hybridized carbons (Fsp3) is 0.833. The molecule has 1 aromatic heterocycles. The SMILES string of the molecule is CC(C)CC(CN)c1nc(C2COCCO2)no1. The fourth-order valence-electron chi connectivity index (χ4n) is 2.05. The van der Waals surface area contributed by atoms with Crippen LogP contribution in [-0.4, -0.2) is 36.5 Å². The highest BCUT2D eigenvalue weighted by molar-refractivity contribution is 4.98. The Labute approximate surface area is 107 Å². The van der Waals surface area contributed by atoms with E-state index in [1.54, 1.807) is 0 Å². The smallest absolute Gasteiger partial charge is 0.231 e. The van der Waals surface area contributed by atoms with Crippen LogP contribution in [0.1, 0.15) is 44.0 Å². The van der Waals surface area contributed by atoms with Gasteiger partial charge in [-0.1, -0.05) is 19.0 Å². The molecule has 2 atom stereocenters. The first-order valence-corrected chi connectivity index (χ1v) is 6.43. The van der Waals surface area contributed by atoms with E-state index in [1.165, 1.54) is 0 Å². The van der Waals surface area contributed by atoms with Gasteiger partial charge in [-0.2, -0.15) is 4.98 Å². The minimum absolute atomic E-state index is 0.121. The maximum atomic E-state index is 5.76. The van der Waals surface area contributed by atoms with Gasteiger partial charge in [-0.05, 0) is 12.3 Å². The van der Waals surface area contributed by atoms with E-state index in [0.717, 1.165) is 6.42 Å². The zero-order valence-corrected chi connectivity index (χ0v) is 11.0. The molecule has 0 aliphatic carbocycles. The third-order valence-corrected chi connectivity index (χ3v) is 2.95. The number of aromatic nitrogens is 2. The van der Waals surface area contributed by atoms with E-state index >= 15 is 0 Å². The average molecular weight is 255 g/mol. The molecule has 1 fully saturated rings.